The smallest absolute Gasteiger partial charge is 0.254 e. The van der Waals surface area contributed by atoms with Crippen molar-refractivity contribution in [1.82, 2.24) is 10.6 Å². The van der Waals surface area contributed by atoms with Crippen molar-refractivity contribution in [3.8, 4) is 5.75 Å². The Balaban J connectivity index is 1.67. The Morgan fingerprint density at radius 3 is 2.38 bits per heavy atom. The molecule has 26 heavy (non-hydrogen) atoms. The number of halogens is 2. The molecule has 0 atom stereocenters. The predicted octanol–water partition coefficient (Wildman–Crippen LogP) is 2.45. The number of hydrogen-bond acceptors (Lipinski definition) is 3. The number of hydrogen-bond donors (Lipinski definition) is 2. The van der Waals surface area contributed by atoms with Crippen LogP contribution in [0.5, 0.6) is 5.75 Å². The van der Waals surface area contributed by atoms with Crippen LogP contribution >= 0.6 is 0 Å². The van der Waals surface area contributed by atoms with Gasteiger partial charge in [-0.15, -0.1) is 0 Å². The van der Waals surface area contributed by atoms with E-state index in [9.17, 15) is 18.4 Å². The van der Waals surface area contributed by atoms with E-state index >= 15 is 0 Å². The van der Waals surface area contributed by atoms with Crippen LogP contribution in [-0.4, -0.2) is 32.0 Å². The third-order valence-corrected chi connectivity index (χ3v) is 3.71. The number of carbonyl (C=O) groups is 2. The summed E-state index contributed by atoms with van der Waals surface area (Å²) in [7, 11) is 1.60. The van der Waals surface area contributed by atoms with Gasteiger partial charge < -0.3 is 15.4 Å². The number of benzene rings is 2. The Labute approximate surface area is 150 Å². The van der Waals surface area contributed by atoms with Crippen LogP contribution in [0.3, 0.4) is 0 Å². The van der Waals surface area contributed by atoms with E-state index < -0.39 is 17.5 Å². The van der Waals surface area contributed by atoms with Crippen molar-refractivity contribution in [1.29, 1.82) is 0 Å². The van der Waals surface area contributed by atoms with Gasteiger partial charge in [-0.3, -0.25) is 9.59 Å². The average molecular weight is 362 g/mol. The zero-order chi connectivity index (χ0) is 18.9. The summed E-state index contributed by atoms with van der Waals surface area (Å²) in [4.78, 5) is 23.6. The van der Waals surface area contributed by atoms with Gasteiger partial charge in [0.05, 0.1) is 12.7 Å². The lowest BCUT2D eigenvalue weighted by atomic mass is 10.1. The van der Waals surface area contributed by atoms with Crippen LogP contribution in [0, 0.1) is 11.6 Å². The van der Waals surface area contributed by atoms with E-state index in [0.29, 0.717) is 19.0 Å². The van der Waals surface area contributed by atoms with Gasteiger partial charge in [-0.05, 0) is 36.2 Å². The quantitative estimate of drug-likeness (QED) is 0.758. The van der Waals surface area contributed by atoms with Crippen LogP contribution < -0.4 is 15.4 Å². The minimum Gasteiger partial charge on any atom is -0.497 e. The predicted molar refractivity (Wildman–Crippen MR) is 93.0 cm³/mol. The van der Waals surface area contributed by atoms with Crippen LogP contribution in [0.4, 0.5) is 8.78 Å². The van der Waals surface area contributed by atoms with Crippen molar-refractivity contribution >= 4 is 11.8 Å². The Kier molecular flexibility index (Phi) is 7.08. The summed E-state index contributed by atoms with van der Waals surface area (Å²) in [5, 5.41) is 5.18. The van der Waals surface area contributed by atoms with Gasteiger partial charge in [0.25, 0.3) is 5.91 Å². The highest BCUT2D eigenvalue weighted by Gasteiger charge is 2.12. The van der Waals surface area contributed by atoms with Gasteiger partial charge in [0.1, 0.15) is 17.4 Å². The van der Waals surface area contributed by atoms with Gasteiger partial charge in [0, 0.05) is 25.6 Å². The number of carbonyl (C=O) groups excluding carboxylic acids is 2. The van der Waals surface area contributed by atoms with Crippen LogP contribution in [0.1, 0.15) is 22.3 Å². The summed E-state index contributed by atoms with van der Waals surface area (Å²) in [6, 6.07) is 10.2. The maximum absolute atomic E-state index is 13.5. The molecular weight excluding hydrogens is 342 g/mol. The van der Waals surface area contributed by atoms with E-state index in [2.05, 4.69) is 10.6 Å². The van der Waals surface area contributed by atoms with Gasteiger partial charge in [-0.1, -0.05) is 12.1 Å². The summed E-state index contributed by atoms with van der Waals surface area (Å²) in [6.45, 7) is 0.524. The van der Waals surface area contributed by atoms with E-state index in [-0.39, 0.29) is 24.4 Å². The Bertz CT molecular complexity index is 764. The SMILES string of the molecule is COc1ccc(CCNC(=O)CCNC(=O)c2ccc(F)cc2F)cc1. The minimum absolute atomic E-state index is 0.0595. The van der Waals surface area contributed by atoms with Crippen LogP contribution in [-0.2, 0) is 11.2 Å². The summed E-state index contributed by atoms with van der Waals surface area (Å²) < 4.78 is 31.4. The van der Waals surface area contributed by atoms with Gasteiger partial charge in [-0.2, -0.15) is 0 Å². The first-order chi connectivity index (χ1) is 12.5. The normalized spacial score (nSPS) is 10.3. The summed E-state index contributed by atoms with van der Waals surface area (Å²) in [5.74, 6) is -1.83. The number of rotatable bonds is 8. The fourth-order valence-electron chi connectivity index (χ4n) is 2.29. The lowest BCUT2D eigenvalue weighted by Crippen LogP contribution is -2.32. The number of ether oxygens (including phenoxy) is 1. The molecule has 2 N–H and O–H groups in total. The first-order valence-electron chi connectivity index (χ1n) is 8.12. The molecule has 2 aromatic rings. The van der Waals surface area contributed by atoms with Crippen LogP contribution in [0.15, 0.2) is 42.5 Å². The summed E-state index contributed by atoms with van der Waals surface area (Å²) >= 11 is 0. The van der Waals surface area contributed by atoms with E-state index in [0.717, 1.165) is 23.4 Å². The van der Waals surface area contributed by atoms with E-state index in [4.69, 9.17) is 4.74 Å². The monoisotopic (exact) mass is 362 g/mol. The molecule has 0 aliphatic heterocycles. The molecule has 7 heteroatoms. The second-order valence-corrected chi connectivity index (χ2v) is 5.58. The highest BCUT2D eigenvalue weighted by molar-refractivity contribution is 5.94. The summed E-state index contributed by atoms with van der Waals surface area (Å²) in [6.07, 6.45) is 0.736. The third-order valence-electron chi connectivity index (χ3n) is 3.71. The fourth-order valence-corrected chi connectivity index (χ4v) is 2.29. The largest absolute Gasteiger partial charge is 0.497 e. The minimum atomic E-state index is -0.938. The zero-order valence-corrected chi connectivity index (χ0v) is 14.4. The van der Waals surface area contributed by atoms with Gasteiger partial charge in [0.15, 0.2) is 0 Å². The topological polar surface area (TPSA) is 67.4 Å². The highest BCUT2D eigenvalue weighted by atomic mass is 19.1. The number of nitrogens with one attached hydrogen (secondary N) is 2. The molecule has 0 aliphatic rings. The van der Waals surface area contributed by atoms with Crippen LogP contribution in [0.25, 0.3) is 0 Å². The van der Waals surface area contributed by atoms with Crippen molar-refractivity contribution in [2.45, 2.75) is 12.8 Å². The van der Waals surface area contributed by atoms with Gasteiger partial charge in [0.2, 0.25) is 5.91 Å². The average Bonchev–Trinajstić information content (AvgIpc) is 2.62. The van der Waals surface area contributed by atoms with E-state index in [1.54, 1.807) is 7.11 Å². The van der Waals surface area contributed by atoms with E-state index in [1.165, 1.54) is 0 Å². The molecule has 2 rings (SSSR count). The van der Waals surface area contributed by atoms with Crippen molar-refractivity contribution < 1.29 is 23.1 Å². The maximum atomic E-state index is 13.5. The molecule has 0 heterocycles. The molecular formula is C19H20F2N2O3. The Morgan fingerprint density at radius 1 is 1.00 bits per heavy atom. The first-order valence-corrected chi connectivity index (χ1v) is 8.12. The molecule has 0 saturated carbocycles. The molecule has 0 bridgehead atoms. The van der Waals surface area contributed by atoms with E-state index in [1.807, 2.05) is 24.3 Å². The second kappa shape index (κ2) is 9.50. The molecule has 2 amide bonds. The molecule has 0 aromatic heterocycles. The lowest BCUT2D eigenvalue weighted by Gasteiger charge is -2.08. The third kappa shape index (κ3) is 5.84. The first kappa shape index (κ1) is 19.4. The van der Waals surface area contributed by atoms with Crippen molar-refractivity contribution in [3.05, 3.63) is 65.2 Å². The molecule has 0 unspecified atom stereocenters. The fraction of sp³-hybridized carbons (Fsp3) is 0.263. The molecule has 0 spiro atoms. The number of amides is 2. The lowest BCUT2D eigenvalue weighted by molar-refractivity contribution is -0.120. The van der Waals surface area contributed by atoms with Gasteiger partial charge >= 0.3 is 0 Å². The molecule has 0 fully saturated rings. The highest BCUT2D eigenvalue weighted by Crippen LogP contribution is 2.11. The van der Waals surface area contributed by atoms with Crippen LogP contribution in [0.2, 0.25) is 0 Å². The standard InChI is InChI=1S/C19H20F2N2O3/c1-26-15-5-2-13(3-6-15)8-10-22-18(24)9-11-23-19(25)16-7-4-14(20)12-17(16)21/h2-7,12H,8-11H2,1H3,(H,22,24)(H,23,25). The van der Waals surface area contributed by atoms with Gasteiger partial charge in [-0.25, -0.2) is 8.78 Å². The molecule has 0 radical (unpaired) electrons. The Morgan fingerprint density at radius 2 is 1.73 bits per heavy atom. The molecule has 138 valence electrons. The molecule has 0 aliphatic carbocycles. The molecule has 5 nitrogen and oxygen atoms in total. The maximum Gasteiger partial charge on any atom is 0.254 e. The zero-order valence-electron chi connectivity index (χ0n) is 14.4. The number of methoxy groups -OCH3 is 1. The second-order valence-electron chi connectivity index (χ2n) is 5.58. The van der Waals surface area contributed by atoms with Crippen molar-refractivity contribution in [3.63, 3.8) is 0 Å². The molecule has 0 saturated heterocycles. The van der Waals surface area contributed by atoms with Crippen molar-refractivity contribution in [2.75, 3.05) is 20.2 Å². The summed E-state index contributed by atoms with van der Waals surface area (Å²) in [5.41, 5.74) is 0.803. The van der Waals surface area contributed by atoms with Crippen molar-refractivity contribution in [2.24, 2.45) is 0 Å². The Hall–Kier alpha value is -2.96. The molecule has 2 aromatic carbocycles.